The van der Waals surface area contributed by atoms with Crippen LogP contribution in [0.1, 0.15) is 47.3 Å². The fourth-order valence-electron chi connectivity index (χ4n) is 4.47. The SMILES string of the molecule is Cc1cc(F)cc(C2(F)CCN(C(=O)c3ccc4c(c3)C(C)(C)C(=O)N4C)C2)c1. The molecule has 0 aromatic heterocycles. The van der Waals surface area contributed by atoms with Crippen molar-refractivity contribution in [2.75, 3.05) is 25.0 Å². The molecule has 2 aliphatic heterocycles. The van der Waals surface area contributed by atoms with E-state index in [1.54, 1.807) is 43.1 Å². The molecule has 0 aliphatic carbocycles. The molecule has 1 saturated heterocycles. The van der Waals surface area contributed by atoms with Crippen LogP contribution in [-0.2, 0) is 15.9 Å². The van der Waals surface area contributed by atoms with Gasteiger partial charge in [0.1, 0.15) is 5.82 Å². The van der Waals surface area contributed by atoms with Gasteiger partial charge in [0, 0.05) is 31.3 Å². The first kappa shape index (κ1) is 19.6. The van der Waals surface area contributed by atoms with Crippen LogP contribution in [0.15, 0.2) is 36.4 Å². The van der Waals surface area contributed by atoms with Crippen molar-refractivity contribution in [1.29, 1.82) is 0 Å². The Hall–Kier alpha value is -2.76. The van der Waals surface area contributed by atoms with E-state index in [0.717, 1.165) is 11.3 Å². The zero-order valence-electron chi connectivity index (χ0n) is 17.1. The number of amides is 2. The second-order valence-electron chi connectivity index (χ2n) is 8.68. The molecule has 2 aromatic carbocycles. The summed E-state index contributed by atoms with van der Waals surface area (Å²) in [4.78, 5) is 28.6. The minimum atomic E-state index is -1.77. The van der Waals surface area contributed by atoms with Crippen LogP contribution in [0.3, 0.4) is 0 Å². The van der Waals surface area contributed by atoms with Crippen molar-refractivity contribution in [1.82, 2.24) is 4.90 Å². The summed E-state index contributed by atoms with van der Waals surface area (Å²) >= 11 is 0. The molecule has 1 unspecified atom stereocenters. The van der Waals surface area contributed by atoms with Crippen LogP contribution in [0.2, 0.25) is 0 Å². The zero-order valence-corrected chi connectivity index (χ0v) is 17.1. The molecule has 2 aromatic rings. The van der Waals surface area contributed by atoms with Gasteiger partial charge in [0.25, 0.3) is 5.91 Å². The molecule has 0 spiro atoms. The average molecular weight is 398 g/mol. The number of carbonyl (C=O) groups excluding carboxylic acids is 2. The number of fused-ring (bicyclic) bond motifs is 1. The minimum Gasteiger partial charge on any atom is -0.335 e. The quantitative estimate of drug-likeness (QED) is 0.764. The summed E-state index contributed by atoms with van der Waals surface area (Å²) < 4.78 is 29.3. The molecule has 2 aliphatic rings. The smallest absolute Gasteiger partial charge is 0.253 e. The summed E-state index contributed by atoms with van der Waals surface area (Å²) in [6.07, 6.45) is 0.124. The Kier molecular flexibility index (Phi) is 4.30. The fourth-order valence-corrected chi connectivity index (χ4v) is 4.47. The molecule has 1 fully saturated rings. The van der Waals surface area contributed by atoms with Crippen molar-refractivity contribution < 1.29 is 18.4 Å². The number of rotatable bonds is 2. The molecule has 2 heterocycles. The Morgan fingerprint density at radius 1 is 1.14 bits per heavy atom. The van der Waals surface area contributed by atoms with E-state index in [2.05, 4.69) is 0 Å². The average Bonchev–Trinajstić information content (AvgIpc) is 3.14. The number of nitrogens with zero attached hydrogens (tertiary/aromatic N) is 2. The number of alkyl halides is 1. The van der Waals surface area contributed by atoms with Gasteiger partial charge in [-0.05, 0) is 67.8 Å². The third-order valence-corrected chi connectivity index (χ3v) is 6.18. The molecule has 4 nitrogen and oxygen atoms in total. The van der Waals surface area contributed by atoms with Crippen molar-refractivity contribution in [3.63, 3.8) is 0 Å². The molecule has 0 N–H and O–H groups in total. The van der Waals surface area contributed by atoms with Crippen LogP contribution in [0, 0.1) is 12.7 Å². The van der Waals surface area contributed by atoms with Gasteiger partial charge in [0.05, 0.1) is 12.0 Å². The number of carbonyl (C=O) groups is 2. The number of hydrogen-bond acceptors (Lipinski definition) is 2. The highest BCUT2D eigenvalue weighted by atomic mass is 19.1. The standard InChI is InChI=1S/C23H24F2N2O2/c1-14-9-16(12-17(24)10-14)23(25)7-8-27(13-23)20(28)15-5-6-19-18(11-15)22(2,3)21(29)26(19)4/h5-6,9-12H,7-8,13H2,1-4H3. The van der Waals surface area contributed by atoms with Crippen molar-refractivity contribution in [3.05, 3.63) is 64.5 Å². The van der Waals surface area contributed by atoms with E-state index in [4.69, 9.17) is 0 Å². The van der Waals surface area contributed by atoms with Crippen LogP contribution in [0.4, 0.5) is 14.5 Å². The number of anilines is 1. The summed E-state index contributed by atoms with van der Waals surface area (Å²) in [5.41, 5.74) is 0.447. The van der Waals surface area contributed by atoms with Crippen molar-refractivity contribution in [2.45, 2.75) is 38.3 Å². The van der Waals surface area contributed by atoms with Gasteiger partial charge in [0.15, 0.2) is 5.67 Å². The molecule has 0 saturated carbocycles. The second-order valence-corrected chi connectivity index (χ2v) is 8.68. The van der Waals surface area contributed by atoms with Crippen molar-refractivity contribution >= 4 is 17.5 Å². The van der Waals surface area contributed by atoms with Gasteiger partial charge in [-0.3, -0.25) is 9.59 Å². The predicted octanol–water partition coefficient (Wildman–Crippen LogP) is 4.10. The second kappa shape index (κ2) is 6.37. The molecule has 0 radical (unpaired) electrons. The zero-order chi connectivity index (χ0) is 21.1. The van der Waals surface area contributed by atoms with Crippen molar-refractivity contribution in [2.24, 2.45) is 0 Å². The minimum absolute atomic E-state index is 0.0254. The Labute approximate surface area is 169 Å². The summed E-state index contributed by atoms with van der Waals surface area (Å²) in [5, 5.41) is 0. The number of hydrogen-bond donors (Lipinski definition) is 0. The van der Waals surface area contributed by atoms with Crippen LogP contribution < -0.4 is 4.90 Å². The lowest BCUT2D eigenvalue weighted by Crippen LogP contribution is -2.33. The Balaban J connectivity index is 1.61. The third kappa shape index (κ3) is 3.02. The molecule has 2 amide bonds. The maximum absolute atomic E-state index is 15.6. The van der Waals surface area contributed by atoms with Crippen LogP contribution in [-0.4, -0.2) is 36.9 Å². The number of halogens is 2. The lowest BCUT2D eigenvalue weighted by atomic mass is 9.85. The van der Waals surface area contributed by atoms with Crippen LogP contribution in [0.5, 0.6) is 0 Å². The van der Waals surface area contributed by atoms with Gasteiger partial charge in [0.2, 0.25) is 5.91 Å². The molecule has 29 heavy (non-hydrogen) atoms. The first-order chi connectivity index (χ1) is 13.5. The fraction of sp³-hybridized carbons (Fsp3) is 0.391. The molecule has 152 valence electrons. The van der Waals surface area contributed by atoms with Gasteiger partial charge in [-0.2, -0.15) is 0 Å². The van der Waals surface area contributed by atoms with E-state index in [9.17, 15) is 14.0 Å². The van der Waals surface area contributed by atoms with Crippen LogP contribution >= 0.6 is 0 Å². The highest BCUT2D eigenvalue weighted by molar-refractivity contribution is 6.08. The van der Waals surface area contributed by atoms with E-state index in [-0.39, 0.29) is 36.9 Å². The Morgan fingerprint density at radius 3 is 2.55 bits per heavy atom. The first-order valence-electron chi connectivity index (χ1n) is 9.71. The number of likely N-dealkylation sites (N-methyl/N-ethyl adjacent to an activating group) is 1. The molecule has 1 atom stereocenters. The number of aryl methyl sites for hydroxylation is 1. The number of likely N-dealkylation sites (tertiary alicyclic amines) is 1. The van der Waals surface area contributed by atoms with E-state index < -0.39 is 16.9 Å². The third-order valence-electron chi connectivity index (χ3n) is 6.18. The molecule has 4 rings (SSSR count). The largest absolute Gasteiger partial charge is 0.335 e. The summed E-state index contributed by atoms with van der Waals surface area (Å²) in [6.45, 7) is 5.53. The van der Waals surface area contributed by atoms with E-state index in [1.807, 2.05) is 13.8 Å². The molecular weight excluding hydrogens is 374 g/mol. The highest BCUT2D eigenvalue weighted by Crippen LogP contribution is 2.42. The van der Waals surface area contributed by atoms with Gasteiger partial charge < -0.3 is 9.80 Å². The highest BCUT2D eigenvalue weighted by Gasteiger charge is 2.44. The van der Waals surface area contributed by atoms with Crippen molar-refractivity contribution in [3.8, 4) is 0 Å². The van der Waals surface area contributed by atoms with E-state index in [0.29, 0.717) is 11.1 Å². The lowest BCUT2D eigenvalue weighted by molar-refractivity contribution is -0.121. The number of benzene rings is 2. The van der Waals surface area contributed by atoms with Gasteiger partial charge in [-0.25, -0.2) is 8.78 Å². The molecule has 0 bridgehead atoms. The Bertz CT molecular complexity index is 1010. The topological polar surface area (TPSA) is 40.6 Å². The van der Waals surface area contributed by atoms with Gasteiger partial charge in [-0.15, -0.1) is 0 Å². The summed E-state index contributed by atoms with van der Waals surface area (Å²) in [7, 11) is 1.72. The monoisotopic (exact) mass is 398 g/mol. The van der Waals surface area contributed by atoms with Gasteiger partial charge >= 0.3 is 0 Å². The van der Waals surface area contributed by atoms with E-state index in [1.165, 1.54) is 17.0 Å². The van der Waals surface area contributed by atoms with E-state index >= 15 is 4.39 Å². The Morgan fingerprint density at radius 2 is 1.86 bits per heavy atom. The van der Waals surface area contributed by atoms with Crippen LogP contribution in [0.25, 0.3) is 0 Å². The maximum atomic E-state index is 15.6. The maximum Gasteiger partial charge on any atom is 0.253 e. The first-order valence-corrected chi connectivity index (χ1v) is 9.71. The molecular formula is C23H24F2N2O2. The normalized spacial score (nSPS) is 22.9. The summed E-state index contributed by atoms with van der Waals surface area (Å²) in [5.74, 6) is -0.780. The molecule has 6 heteroatoms. The lowest BCUT2D eigenvalue weighted by Gasteiger charge is -2.22. The predicted molar refractivity (Wildman–Crippen MR) is 107 cm³/mol. The summed E-state index contributed by atoms with van der Waals surface area (Å²) in [6, 6.07) is 9.39. The van der Waals surface area contributed by atoms with Gasteiger partial charge in [-0.1, -0.05) is 6.07 Å².